The zero-order chi connectivity index (χ0) is 20.5. The van der Waals surface area contributed by atoms with E-state index >= 15 is 0 Å². The summed E-state index contributed by atoms with van der Waals surface area (Å²) in [5, 5.41) is 2.79. The van der Waals surface area contributed by atoms with Crippen LogP contribution in [0.5, 0.6) is 5.88 Å². The third-order valence-corrected chi connectivity index (χ3v) is 6.50. The SMILES string of the molecule is Cc1nc(C(=O)Nc2cn3cc(C45COC(C)(C4)C5)nc3c(OC3CCC3)n2)co1. The molecular weight excluding hydrogens is 386 g/mol. The van der Waals surface area contributed by atoms with E-state index in [9.17, 15) is 4.79 Å². The third-order valence-electron chi connectivity index (χ3n) is 6.50. The normalized spacial score (nSPS) is 27.7. The highest BCUT2D eigenvalue weighted by molar-refractivity contribution is 6.02. The summed E-state index contributed by atoms with van der Waals surface area (Å²) in [5.74, 6) is 0.871. The number of fused-ring (bicyclic) bond motifs is 2. The predicted molar refractivity (Wildman–Crippen MR) is 106 cm³/mol. The molecule has 7 rings (SSSR count). The van der Waals surface area contributed by atoms with Crippen molar-refractivity contribution in [2.45, 2.75) is 63.1 Å². The molecule has 30 heavy (non-hydrogen) atoms. The van der Waals surface area contributed by atoms with E-state index in [0.717, 1.165) is 37.8 Å². The number of hydrogen-bond acceptors (Lipinski definition) is 7. The fourth-order valence-corrected chi connectivity index (χ4v) is 4.81. The van der Waals surface area contributed by atoms with Gasteiger partial charge < -0.3 is 19.2 Å². The Bertz CT molecular complexity index is 1160. The zero-order valence-electron chi connectivity index (χ0n) is 17.0. The van der Waals surface area contributed by atoms with E-state index in [1.807, 2.05) is 10.6 Å². The van der Waals surface area contributed by atoms with Crippen LogP contribution in [0.4, 0.5) is 5.82 Å². The predicted octanol–water partition coefficient (Wildman–Crippen LogP) is 3.03. The van der Waals surface area contributed by atoms with Crippen LogP contribution in [0, 0.1) is 6.92 Å². The van der Waals surface area contributed by atoms with Crippen LogP contribution in [0.1, 0.15) is 61.1 Å². The number of ether oxygens (including phenoxy) is 2. The zero-order valence-corrected chi connectivity index (χ0v) is 17.0. The number of carbonyl (C=O) groups excluding carboxylic acids is 1. The molecule has 0 unspecified atom stereocenters. The van der Waals surface area contributed by atoms with Crippen molar-refractivity contribution in [3.63, 3.8) is 0 Å². The maximum Gasteiger partial charge on any atom is 0.278 e. The third kappa shape index (κ3) is 2.72. The lowest BCUT2D eigenvalue weighted by Gasteiger charge is -2.41. The van der Waals surface area contributed by atoms with E-state index < -0.39 is 0 Å². The van der Waals surface area contributed by atoms with Crippen molar-refractivity contribution in [1.29, 1.82) is 0 Å². The first-order chi connectivity index (χ1) is 14.4. The van der Waals surface area contributed by atoms with E-state index in [1.165, 1.54) is 6.26 Å². The molecule has 2 aliphatic heterocycles. The van der Waals surface area contributed by atoms with Crippen LogP contribution in [0.2, 0.25) is 0 Å². The van der Waals surface area contributed by atoms with Gasteiger partial charge in [-0.05, 0) is 39.0 Å². The Morgan fingerprint density at radius 3 is 2.73 bits per heavy atom. The summed E-state index contributed by atoms with van der Waals surface area (Å²) in [6.45, 7) is 4.53. The lowest BCUT2D eigenvalue weighted by Crippen LogP contribution is -2.45. The molecule has 0 radical (unpaired) electrons. The molecule has 9 nitrogen and oxygen atoms in total. The van der Waals surface area contributed by atoms with Crippen LogP contribution in [0.3, 0.4) is 0 Å². The van der Waals surface area contributed by atoms with E-state index in [2.05, 4.69) is 22.2 Å². The Morgan fingerprint density at radius 2 is 2.10 bits per heavy atom. The Hall–Kier alpha value is -2.94. The van der Waals surface area contributed by atoms with E-state index in [4.69, 9.17) is 18.9 Å². The number of aromatic nitrogens is 4. The number of imidazole rings is 1. The van der Waals surface area contributed by atoms with Crippen LogP contribution in [-0.2, 0) is 10.2 Å². The Labute approximate surface area is 172 Å². The summed E-state index contributed by atoms with van der Waals surface area (Å²) in [4.78, 5) is 26.0. The van der Waals surface area contributed by atoms with Crippen LogP contribution in [-0.4, -0.2) is 43.6 Å². The minimum absolute atomic E-state index is 0.0197. The van der Waals surface area contributed by atoms with Gasteiger partial charge in [0, 0.05) is 18.5 Å². The Balaban J connectivity index is 1.36. The average Bonchev–Trinajstić information content (AvgIpc) is 3.39. The van der Waals surface area contributed by atoms with Crippen molar-refractivity contribution < 1.29 is 18.7 Å². The molecule has 5 heterocycles. The van der Waals surface area contributed by atoms with Crippen molar-refractivity contribution in [3.8, 4) is 5.88 Å². The molecule has 0 spiro atoms. The maximum absolute atomic E-state index is 12.5. The van der Waals surface area contributed by atoms with Crippen LogP contribution >= 0.6 is 0 Å². The van der Waals surface area contributed by atoms with Crippen molar-refractivity contribution in [2.75, 3.05) is 11.9 Å². The Morgan fingerprint density at radius 1 is 1.27 bits per heavy atom. The minimum atomic E-state index is -0.383. The van der Waals surface area contributed by atoms with Gasteiger partial charge in [0.15, 0.2) is 17.4 Å². The van der Waals surface area contributed by atoms with Crippen LogP contribution in [0.15, 0.2) is 23.1 Å². The quantitative estimate of drug-likeness (QED) is 0.691. The first kappa shape index (κ1) is 17.9. The molecule has 0 atom stereocenters. The van der Waals surface area contributed by atoms with Crippen LogP contribution < -0.4 is 10.1 Å². The van der Waals surface area contributed by atoms with E-state index in [1.54, 1.807) is 13.1 Å². The number of rotatable bonds is 5. The molecule has 2 saturated heterocycles. The van der Waals surface area contributed by atoms with Gasteiger partial charge in [0.05, 0.1) is 24.1 Å². The molecule has 2 aliphatic carbocycles. The van der Waals surface area contributed by atoms with Crippen molar-refractivity contribution in [1.82, 2.24) is 19.4 Å². The van der Waals surface area contributed by atoms with Gasteiger partial charge in [-0.15, -0.1) is 0 Å². The smallest absolute Gasteiger partial charge is 0.278 e. The highest BCUT2D eigenvalue weighted by atomic mass is 16.5. The molecule has 3 aromatic heterocycles. The van der Waals surface area contributed by atoms with Gasteiger partial charge in [-0.3, -0.25) is 9.20 Å². The molecule has 0 aromatic carbocycles. The summed E-state index contributed by atoms with van der Waals surface area (Å²) in [6.07, 6.45) is 10.4. The van der Waals surface area contributed by atoms with Gasteiger partial charge in [-0.25, -0.2) is 9.97 Å². The monoisotopic (exact) mass is 409 g/mol. The fourth-order valence-electron chi connectivity index (χ4n) is 4.81. The van der Waals surface area contributed by atoms with Crippen molar-refractivity contribution in [3.05, 3.63) is 35.9 Å². The molecular formula is C21H23N5O4. The number of nitrogens with zero attached hydrogens (tertiary/aromatic N) is 4. The fraction of sp³-hybridized carbons (Fsp3) is 0.524. The lowest BCUT2D eigenvalue weighted by atomic mass is 9.62. The van der Waals surface area contributed by atoms with Gasteiger partial charge in [0.25, 0.3) is 11.8 Å². The second-order valence-electron chi connectivity index (χ2n) is 9.04. The molecule has 1 amide bonds. The van der Waals surface area contributed by atoms with Crippen molar-refractivity contribution in [2.24, 2.45) is 0 Å². The lowest BCUT2D eigenvalue weighted by molar-refractivity contribution is 0.0154. The van der Waals surface area contributed by atoms with Gasteiger partial charge in [0.2, 0.25) is 5.65 Å². The molecule has 9 heteroatoms. The number of aryl methyl sites for hydroxylation is 1. The second-order valence-corrected chi connectivity index (χ2v) is 9.04. The van der Waals surface area contributed by atoms with E-state index in [0.29, 0.717) is 29.8 Å². The highest BCUT2D eigenvalue weighted by Crippen LogP contribution is 2.58. The average molecular weight is 409 g/mol. The molecule has 1 N–H and O–H groups in total. The number of carbonyl (C=O) groups is 1. The number of oxazole rings is 1. The standard InChI is InChI=1S/C21H23N5O4/c1-12-22-14(8-28-12)18(27)24-16-7-26-6-15(21-9-20(2,10-21)29-11-21)23-17(26)19(25-16)30-13-4-3-5-13/h6-8,13H,3-5,9-11H2,1-2H3,(H,24,27). The summed E-state index contributed by atoms with van der Waals surface area (Å²) in [5.41, 5.74) is 1.82. The van der Waals surface area contributed by atoms with Gasteiger partial charge in [0.1, 0.15) is 12.4 Å². The number of anilines is 1. The summed E-state index contributed by atoms with van der Waals surface area (Å²) >= 11 is 0. The largest absolute Gasteiger partial charge is 0.472 e. The summed E-state index contributed by atoms with van der Waals surface area (Å²) in [7, 11) is 0. The first-order valence-electron chi connectivity index (χ1n) is 10.4. The summed E-state index contributed by atoms with van der Waals surface area (Å²) in [6, 6.07) is 0. The first-order valence-corrected chi connectivity index (χ1v) is 10.4. The van der Waals surface area contributed by atoms with Gasteiger partial charge in [-0.1, -0.05) is 0 Å². The number of nitrogens with one attached hydrogen (secondary N) is 1. The molecule has 156 valence electrons. The topological polar surface area (TPSA) is 104 Å². The van der Waals surface area contributed by atoms with Crippen molar-refractivity contribution >= 4 is 17.4 Å². The molecule has 2 bridgehead atoms. The minimum Gasteiger partial charge on any atom is -0.472 e. The highest BCUT2D eigenvalue weighted by Gasteiger charge is 2.61. The van der Waals surface area contributed by atoms with Gasteiger partial charge in [-0.2, -0.15) is 4.98 Å². The Kier molecular flexibility index (Phi) is 3.60. The summed E-state index contributed by atoms with van der Waals surface area (Å²) < 4.78 is 19.1. The number of hydrogen-bond donors (Lipinski definition) is 1. The van der Waals surface area contributed by atoms with Gasteiger partial charge >= 0.3 is 0 Å². The second kappa shape index (κ2) is 6.04. The molecule has 2 saturated carbocycles. The molecule has 4 fully saturated rings. The van der Waals surface area contributed by atoms with Crippen LogP contribution in [0.25, 0.3) is 5.65 Å². The maximum atomic E-state index is 12.5. The number of amides is 1. The van der Waals surface area contributed by atoms with E-state index in [-0.39, 0.29) is 28.7 Å². The molecule has 4 aliphatic rings. The molecule has 3 aromatic rings.